The van der Waals surface area contributed by atoms with Crippen molar-refractivity contribution >= 4 is 39.0 Å². The van der Waals surface area contributed by atoms with Gasteiger partial charge in [-0.25, -0.2) is 0 Å². The Kier molecular flexibility index (Phi) is 4.59. The first-order valence-corrected chi connectivity index (χ1v) is 6.98. The molecule has 0 N–H and O–H groups in total. The zero-order chi connectivity index (χ0) is 15.6. The summed E-state index contributed by atoms with van der Waals surface area (Å²) in [7, 11) is 0. The van der Waals surface area contributed by atoms with Crippen molar-refractivity contribution in [1.82, 2.24) is 0 Å². The number of halogens is 2. The number of nitro groups is 1. The molecule has 0 amide bonds. The van der Waals surface area contributed by atoms with E-state index in [4.69, 9.17) is 16.3 Å². The lowest BCUT2D eigenvalue weighted by atomic mass is 10.1. The number of nitro benzene ring substituents is 1. The molecule has 0 aliphatic rings. The summed E-state index contributed by atoms with van der Waals surface area (Å²) in [5.74, 6) is 0.463. The normalized spacial score (nSPS) is 10.2. The molecule has 0 aliphatic heterocycles. The predicted octanol–water partition coefficient (Wildman–Crippen LogP) is 5.01. The largest absolute Gasteiger partial charge is 0.454 e. The fourth-order valence-electron chi connectivity index (χ4n) is 1.64. The fraction of sp³-hybridized carbons (Fsp3) is 0.0714. The first-order chi connectivity index (χ1) is 9.90. The summed E-state index contributed by atoms with van der Waals surface area (Å²) < 4.78 is 5.79. The van der Waals surface area contributed by atoms with Crippen LogP contribution in [0.4, 0.5) is 5.69 Å². The Bertz CT molecular complexity index is 733. The number of nitrogens with zero attached hydrogens (tertiary/aromatic N) is 1. The van der Waals surface area contributed by atoms with Gasteiger partial charge in [-0.1, -0.05) is 17.7 Å². The van der Waals surface area contributed by atoms with Gasteiger partial charge in [0.25, 0.3) is 5.69 Å². The molecular formula is C14H9BrClNO4. The lowest BCUT2D eigenvalue weighted by Gasteiger charge is -2.10. The second kappa shape index (κ2) is 6.24. The minimum absolute atomic E-state index is 0.107. The molecule has 0 radical (unpaired) electrons. The van der Waals surface area contributed by atoms with Crippen molar-refractivity contribution in [3.8, 4) is 11.5 Å². The maximum Gasteiger partial charge on any atom is 0.287 e. The summed E-state index contributed by atoms with van der Waals surface area (Å²) in [5, 5.41) is 11.1. The number of carbonyl (C=O) groups is 1. The van der Waals surface area contributed by atoms with Crippen LogP contribution in [0.5, 0.6) is 11.5 Å². The van der Waals surface area contributed by atoms with E-state index in [2.05, 4.69) is 15.9 Å². The van der Waals surface area contributed by atoms with Crippen LogP contribution in [-0.2, 0) is 0 Å². The number of rotatable bonds is 4. The van der Waals surface area contributed by atoms with Crippen LogP contribution >= 0.6 is 27.5 Å². The first-order valence-electron chi connectivity index (χ1n) is 5.81. The molecule has 5 nitrogen and oxygen atoms in total. The maximum absolute atomic E-state index is 11.3. The molecule has 0 aromatic heterocycles. The standard InChI is InChI=1S/C14H9BrClNO4/c1-8(18)9-5-6-12(10(16)7-9)21-13-4-2-3-11(14(13)15)17(19)20/h2-7H,1H3. The number of carbonyl (C=O) groups excluding carboxylic acids is 1. The van der Waals surface area contributed by atoms with E-state index in [1.54, 1.807) is 18.2 Å². The molecule has 0 bridgehead atoms. The Morgan fingerprint density at radius 3 is 2.57 bits per heavy atom. The van der Waals surface area contributed by atoms with E-state index in [1.165, 1.54) is 25.1 Å². The van der Waals surface area contributed by atoms with Gasteiger partial charge in [0, 0.05) is 11.6 Å². The summed E-state index contributed by atoms with van der Waals surface area (Å²) in [6, 6.07) is 9.06. The molecule has 2 aromatic carbocycles. The summed E-state index contributed by atoms with van der Waals surface area (Å²) in [6.07, 6.45) is 0. The Labute approximate surface area is 133 Å². The first kappa shape index (κ1) is 15.5. The van der Waals surface area contributed by atoms with Crippen LogP contribution in [0.2, 0.25) is 5.02 Å². The lowest BCUT2D eigenvalue weighted by molar-refractivity contribution is -0.385. The third-order valence-electron chi connectivity index (χ3n) is 2.70. The predicted molar refractivity (Wildman–Crippen MR) is 82.3 cm³/mol. The SMILES string of the molecule is CC(=O)c1ccc(Oc2cccc([N+](=O)[O-])c2Br)c(Cl)c1. The van der Waals surface area contributed by atoms with Gasteiger partial charge in [-0.3, -0.25) is 14.9 Å². The van der Waals surface area contributed by atoms with Gasteiger partial charge < -0.3 is 4.74 Å². The van der Waals surface area contributed by atoms with Gasteiger partial charge in [-0.05, 0) is 47.1 Å². The topological polar surface area (TPSA) is 69.4 Å². The molecule has 108 valence electrons. The highest BCUT2D eigenvalue weighted by Gasteiger charge is 2.17. The molecule has 0 unspecified atom stereocenters. The average molecular weight is 371 g/mol. The zero-order valence-electron chi connectivity index (χ0n) is 10.8. The minimum atomic E-state index is -0.516. The van der Waals surface area contributed by atoms with Gasteiger partial charge in [0.1, 0.15) is 16.0 Å². The van der Waals surface area contributed by atoms with E-state index in [1.807, 2.05) is 0 Å². The van der Waals surface area contributed by atoms with Crippen LogP contribution < -0.4 is 4.74 Å². The van der Waals surface area contributed by atoms with Crippen molar-refractivity contribution in [3.05, 3.63) is 61.6 Å². The van der Waals surface area contributed by atoms with E-state index in [9.17, 15) is 14.9 Å². The van der Waals surface area contributed by atoms with Crippen LogP contribution in [0.15, 0.2) is 40.9 Å². The van der Waals surface area contributed by atoms with Crippen LogP contribution in [0.3, 0.4) is 0 Å². The minimum Gasteiger partial charge on any atom is -0.454 e. The van der Waals surface area contributed by atoms with Crippen molar-refractivity contribution in [3.63, 3.8) is 0 Å². The van der Waals surface area contributed by atoms with Crippen molar-refractivity contribution < 1.29 is 14.5 Å². The molecular weight excluding hydrogens is 362 g/mol. The third kappa shape index (κ3) is 3.40. The van der Waals surface area contributed by atoms with Crippen molar-refractivity contribution in [2.24, 2.45) is 0 Å². The van der Waals surface area contributed by atoms with E-state index in [0.717, 1.165) is 0 Å². The van der Waals surface area contributed by atoms with Gasteiger partial charge in [-0.15, -0.1) is 0 Å². The molecule has 0 atom stereocenters. The van der Waals surface area contributed by atoms with Gasteiger partial charge in [-0.2, -0.15) is 0 Å². The molecule has 0 fully saturated rings. The van der Waals surface area contributed by atoms with Gasteiger partial charge in [0.15, 0.2) is 5.78 Å². The summed E-state index contributed by atoms with van der Waals surface area (Å²) in [6.45, 7) is 1.43. The van der Waals surface area contributed by atoms with Crippen molar-refractivity contribution in [2.75, 3.05) is 0 Å². The Balaban J connectivity index is 2.37. The molecule has 0 saturated heterocycles. The Morgan fingerprint density at radius 2 is 2.00 bits per heavy atom. The molecule has 2 aromatic rings. The second-order valence-corrected chi connectivity index (χ2v) is 5.35. The molecule has 7 heteroatoms. The Morgan fingerprint density at radius 1 is 1.29 bits per heavy atom. The van der Waals surface area contributed by atoms with E-state index >= 15 is 0 Å². The van der Waals surface area contributed by atoms with E-state index < -0.39 is 4.92 Å². The molecule has 0 heterocycles. The zero-order valence-corrected chi connectivity index (χ0v) is 13.1. The molecule has 0 saturated carbocycles. The number of ether oxygens (including phenoxy) is 1. The molecule has 0 spiro atoms. The van der Waals surface area contributed by atoms with Crippen LogP contribution in [0.25, 0.3) is 0 Å². The molecule has 0 aliphatic carbocycles. The monoisotopic (exact) mass is 369 g/mol. The summed E-state index contributed by atoms with van der Waals surface area (Å²) in [5.41, 5.74) is 0.356. The summed E-state index contributed by atoms with van der Waals surface area (Å²) >= 11 is 9.19. The van der Waals surface area contributed by atoms with Crippen molar-refractivity contribution in [1.29, 1.82) is 0 Å². The lowest BCUT2D eigenvalue weighted by Crippen LogP contribution is -1.95. The second-order valence-electron chi connectivity index (χ2n) is 4.15. The Hall–Kier alpha value is -1.92. The van der Waals surface area contributed by atoms with E-state index in [0.29, 0.717) is 11.3 Å². The number of hydrogen-bond donors (Lipinski definition) is 0. The highest BCUT2D eigenvalue weighted by atomic mass is 79.9. The van der Waals surface area contributed by atoms with E-state index in [-0.39, 0.29) is 26.7 Å². The third-order valence-corrected chi connectivity index (χ3v) is 3.79. The van der Waals surface area contributed by atoms with Gasteiger partial charge in [0.05, 0.1) is 9.95 Å². The fourth-order valence-corrected chi connectivity index (χ4v) is 2.35. The van der Waals surface area contributed by atoms with Crippen molar-refractivity contribution in [2.45, 2.75) is 6.92 Å². The number of ketones is 1. The van der Waals surface area contributed by atoms with Gasteiger partial charge >= 0.3 is 0 Å². The maximum atomic E-state index is 11.3. The van der Waals surface area contributed by atoms with Gasteiger partial charge in [0.2, 0.25) is 0 Å². The molecule has 21 heavy (non-hydrogen) atoms. The smallest absolute Gasteiger partial charge is 0.287 e. The molecule has 2 rings (SSSR count). The number of hydrogen-bond acceptors (Lipinski definition) is 4. The highest BCUT2D eigenvalue weighted by Crippen LogP contribution is 2.38. The highest BCUT2D eigenvalue weighted by molar-refractivity contribution is 9.10. The van der Waals surface area contributed by atoms with Crippen LogP contribution in [-0.4, -0.2) is 10.7 Å². The average Bonchev–Trinajstić information content (AvgIpc) is 2.42. The number of Topliss-reactive ketones (excluding diaryl/α,β-unsaturated/α-hetero) is 1. The number of benzene rings is 2. The van der Waals surface area contributed by atoms with Crippen LogP contribution in [0, 0.1) is 10.1 Å². The quantitative estimate of drug-likeness (QED) is 0.431. The van der Waals surface area contributed by atoms with Crippen LogP contribution in [0.1, 0.15) is 17.3 Å². The summed E-state index contributed by atoms with van der Waals surface area (Å²) in [4.78, 5) is 21.6.